The van der Waals surface area contributed by atoms with Gasteiger partial charge in [0.1, 0.15) is 0 Å². The average Bonchev–Trinajstić information content (AvgIpc) is 2.30. The second kappa shape index (κ2) is 4.77. The normalized spacial score (nSPS) is 26.5. The molecule has 1 unspecified atom stereocenters. The number of piperidine rings is 1. The quantitative estimate of drug-likeness (QED) is 0.776. The van der Waals surface area contributed by atoms with Gasteiger partial charge in [0.15, 0.2) is 0 Å². The predicted octanol–water partition coefficient (Wildman–Crippen LogP) is 2.24. The van der Waals surface area contributed by atoms with Gasteiger partial charge in [0.05, 0.1) is 6.61 Å². The van der Waals surface area contributed by atoms with Crippen LogP contribution in [0.1, 0.15) is 36.9 Å². The van der Waals surface area contributed by atoms with E-state index in [1.54, 1.807) is 0 Å². The molecule has 1 saturated heterocycles. The largest absolute Gasteiger partial charge is 0.392 e. The summed E-state index contributed by atoms with van der Waals surface area (Å²) in [7, 11) is 0. The highest BCUT2D eigenvalue weighted by Gasteiger charge is 2.18. The second-order valence-electron chi connectivity index (χ2n) is 4.54. The lowest BCUT2D eigenvalue weighted by Gasteiger charge is -2.28. The van der Waals surface area contributed by atoms with Gasteiger partial charge in [-0.15, -0.1) is 0 Å². The third-order valence-corrected chi connectivity index (χ3v) is 3.23. The molecule has 2 rings (SSSR count). The molecule has 0 aromatic heterocycles. The molecular weight excluding hydrogens is 186 g/mol. The zero-order valence-electron chi connectivity index (χ0n) is 9.24. The molecule has 2 heteroatoms. The van der Waals surface area contributed by atoms with Gasteiger partial charge in [-0.2, -0.15) is 0 Å². The molecular formula is C13H19NO. The zero-order chi connectivity index (χ0) is 10.7. The number of rotatable bonds is 2. The molecule has 1 aromatic rings. The van der Waals surface area contributed by atoms with Crippen molar-refractivity contribution in [3.8, 4) is 0 Å². The third kappa shape index (κ3) is 2.58. The first-order valence-corrected chi connectivity index (χ1v) is 5.72. The van der Waals surface area contributed by atoms with E-state index in [0.717, 1.165) is 18.0 Å². The van der Waals surface area contributed by atoms with Gasteiger partial charge in [0.25, 0.3) is 0 Å². The van der Waals surface area contributed by atoms with E-state index >= 15 is 0 Å². The molecule has 15 heavy (non-hydrogen) atoms. The summed E-state index contributed by atoms with van der Waals surface area (Å²) in [5, 5.41) is 12.5. The second-order valence-corrected chi connectivity index (χ2v) is 4.54. The Morgan fingerprint density at radius 2 is 2.00 bits per heavy atom. The summed E-state index contributed by atoms with van der Waals surface area (Å²) in [4.78, 5) is 0. The van der Waals surface area contributed by atoms with Gasteiger partial charge in [-0.05, 0) is 36.4 Å². The fraction of sp³-hybridized carbons (Fsp3) is 0.538. The number of aliphatic hydroxyl groups excluding tert-OH is 1. The van der Waals surface area contributed by atoms with Crippen LogP contribution in [0.25, 0.3) is 0 Å². The SMILES string of the molecule is C[C@H]1CCC(c2ccc(CO)cc2)NC1. The fourth-order valence-corrected chi connectivity index (χ4v) is 2.14. The van der Waals surface area contributed by atoms with Gasteiger partial charge >= 0.3 is 0 Å². The average molecular weight is 205 g/mol. The van der Waals surface area contributed by atoms with E-state index in [0.29, 0.717) is 6.04 Å². The molecule has 1 heterocycles. The number of nitrogens with one attached hydrogen (secondary N) is 1. The molecule has 2 atom stereocenters. The van der Waals surface area contributed by atoms with Crippen LogP contribution in [0, 0.1) is 5.92 Å². The van der Waals surface area contributed by atoms with Crippen molar-refractivity contribution in [2.45, 2.75) is 32.4 Å². The number of benzene rings is 1. The Bertz CT molecular complexity index is 299. The van der Waals surface area contributed by atoms with Crippen molar-refractivity contribution in [1.82, 2.24) is 5.32 Å². The molecule has 0 aliphatic carbocycles. The van der Waals surface area contributed by atoms with Gasteiger partial charge in [0, 0.05) is 6.04 Å². The highest BCUT2D eigenvalue weighted by molar-refractivity contribution is 5.24. The summed E-state index contributed by atoms with van der Waals surface area (Å²) in [6.45, 7) is 3.54. The summed E-state index contributed by atoms with van der Waals surface area (Å²) in [5.74, 6) is 0.804. The van der Waals surface area contributed by atoms with Crippen molar-refractivity contribution in [2.75, 3.05) is 6.54 Å². The van der Waals surface area contributed by atoms with Gasteiger partial charge in [0.2, 0.25) is 0 Å². The summed E-state index contributed by atoms with van der Waals surface area (Å²) >= 11 is 0. The van der Waals surface area contributed by atoms with E-state index in [4.69, 9.17) is 5.11 Å². The van der Waals surface area contributed by atoms with E-state index in [2.05, 4.69) is 24.4 Å². The van der Waals surface area contributed by atoms with E-state index in [1.807, 2.05) is 12.1 Å². The van der Waals surface area contributed by atoms with Crippen molar-refractivity contribution in [1.29, 1.82) is 0 Å². The number of hydrogen-bond acceptors (Lipinski definition) is 2. The lowest BCUT2D eigenvalue weighted by Crippen LogP contribution is -2.31. The summed E-state index contributed by atoms with van der Waals surface area (Å²) in [6, 6.07) is 8.77. The van der Waals surface area contributed by atoms with Crippen LogP contribution in [0.2, 0.25) is 0 Å². The molecule has 0 saturated carbocycles. The first kappa shape index (κ1) is 10.7. The maximum Gasteiger partial charge on any atom is 0.0681 e. The summed E-state index contributed by atoms with van der Waals surface area (Å²) in [6.07, 6.45) is 2.53. The van der Waals surface area contributed by atoms with E-state index in [-0.39, 0.29) is 6.61 Å². The predicted molar refractivity (Wildman–Crippen MR) is 61.5 cm³/mol. The maximum atomic E-state index is 8.96. The lowest BCUT2D eigenvalue weighted by molar-refractivity contribution is 0.281. The third-order valence-electron chi connectivity index (χ3n) is 3.23. The van der Waals surface area contributed by atoms with E-state index in [9.17, 15) is 0 Å². The molecule has 0 radical (unpaired) electrons. The molecule has 2 nitrogen and oxygen atoms in total. The Kier molecular flexibility index (Phi) is 3.39. The number of hydrogen-bond donors (Lipinski definition) is 2. The highest BCUT2D eigenvalue weighted by Crippen LogP contribution is 2.25. The van der Waals surface area contributed by atoms with Crippen molar-refractivity contribution in [3.05, 3.63) is 35.4 Å². The van der Waals surface area contributed by atoms with E-state index < -0.39 is 0 Å². The molecule has 0 bridgehead atoms. The maximum absolute atomic E-state index is 8.96. The van der Waals surface area contributed by atoms with Crippen LogP contribution in [-0.2, 0) is 6.61 Å². The lowest BCUT2D eigenvalue weighted by atomic mass is 9.92. The Balaban J connectivity index is 2.03. The van der Waals surface area contributed by atoms with Gasteiger partial charge in [-0.25, -0.2) is 0 Å². The molecule has 1 aliphatic heterocycles. The van der Waals surface area contributed by atoms with Crippen LogP contribution in [-0.4, -0.2) is 11.7 Å². The first-order valence-electron chi connectivity index (χ1n) is 5.72. The fourth-order valence-electron chi connectivity index (χ4n) is 2.14. The highest BCUT2D eigenvalue weighted by atomic mass is 16.3. The van der Waals surface area contributed by atoms with Crippen LogP contribution in [0.15, 0.2) is 24.3 Å². The minimum Gasteiger partial charge on any atom is -0.392 e. The molecule has 1 fully saturated rings. The van der Waals surface area contributed by atoms with Crippen LogP contribution in [0.5, 0.6) is 0 Å². The van der Waals surface area contributed by atoms with Gasteiger partial charge in [-0.1, -0.05) is 31.2 Å². The van der Waals surface area contributed by atoms with Crippen molar-refractivity contribution in [2.24, 2.45) is 5.92 Å². The molecule has 2 N–H and O–H groups in total. The van der Waals surface area contributed by atoms with E-state index in [1.165, 1.54) is 18.4 Å². The number of aliphatic hydroxyl groups is 1. The smallest absolute Gasteiger partial charge is 0.0681 e. The standard InChI is InChI=1S/C13H19NO/c1-10-2-7-13(14-8-10)12-5-3-11(9-15)4-6-12/h3-6,10,13-15H,2,7-9H2,1H3/t10-,13?/m0/s1. The van der Waals surface area contributed by atoms with Gasteiger partial charge < -0.3 is 10.4 Å². The van der Waals surface area contributed by atoms with Crippen molar-refractivity contribution >= 4 is 0 Å². The van der Waals surface area contributed by atoms with Crippen LogP contribution in [0.4, 0.5) is 0 Å². The molecule has 1 aromatic carbocycles. The first-order chi connectivity index (χ1) is 7.29. The molecule has 0 spiro atoms. The Hall–Kier alpha value is -0.860. The minimum atomic E-state index is 0.134. The topological polar surface area (TPSA) is 32.3 Å². The summed E-state index contributed by atoms with van der Waals surface area (Å²) < 4.78 is 0. The van der Waals surface area contributed by atoms with Crippen molar-refractivity contribution < 1.29 is 5.11 Å². The Morgan fingerprint density at radius 3 is 2.53 bits per heavy atom. The van der Waals surface area contributed by atoms with Crippen molar-refractivity contribution in [3.63, 3.8) is 0 Å². The molecule has 1 aliphatic rings. The molecule has 0 amide bonds. The van der Waals surface area contributed by atoms with Crippen LogP contribution >= 0.6 is 0 Å². The Morgan fingerprint density at radius 1 is 1.27 bits per heavy atom. The summed E-state index contributed by atoms with van der Waals surface area (Å²) in [5.41, 5.74) is 2.34. The Labute approximate surface area is 91.3 Å². The zero-order valence-corrected chi connectivity index (χ0v) is 9.24. The van der Waals surface area contributed by atoms with Crippen LogP contribution in [0.3, 0.4) is 0 Å². The minimum absolute atomic E-state index is 0.134. The van der Waals surface area contributed by atoms with Gasteiger partial charge in [-0.3, -0.25) is 0 Å². The monoisotopic (exact) mass is 205 g/mol. The van der Waals surface area contributed by atoms with Crippen LogP contribution < -0.4 is 5.32 Å². The molecule has 82 valence electrons.